The summed E-state index contributed by atoms with van der Waals surface area (Å²) in [7, 11) is 0. The molecule has 2 N–H and O–H groups in total. The highest BCUT2D eigenvalue weighted by Crippen LogP contribution is 2.15. The van der Waals surface area contributed by atoms with Gasteiger partial charge in [0.2, 0.25) is 0 Å². The number of fused-ring (bicyclic) bond motifs is 1. The van der Waals surface area contributed by atoms with Crippen molar-refractivity contribution in [1.82, 2.24) is 19.8 Å². The Balaban J connectivity index is 1.77. The average Bonchev–Trinajstić information content (AvgIpc) is 3.21. The second-order valence-corrected chi connectivity index (χ2v) is 7.41. The van der Waals surface area contributed by atoms with Gasteiger partial charge in [-0.2, -0.15) is 0 Å². The van der Waals surface area contributed by atoms with E-state index in [1.807, 2.05) is 0 Å². The van der Waals surface area contributed by atoms with E-state index in [4.69, 9.17) is 17.0 Å². The summed E-state index contributed by atoms with van der Waals surface area (Å²) < 4.78 is 7.53. The minimum Gasteiger partial charge on any atom is -0.376 e. The van der Waals surface area contributed by atoms with Gasteiger partial charge in [0.05, 0.1) is 23.6 Å². The number of ether oxygens (including phenoxy) is 1. The first-order valence-electron chi connectivity index (χ1n) is 9.92. The van der Waals surface area contributed by atoms with E-state index in [1.54, 1.807) is 22.8 Å². The fourth-order valence-corrected chi connectivity index (χ4v) is 3.79. The Morgan fingerprint density at radius 3 is 2.86 bits per heavy atom. The number of hydrogen-bond donors (Lipinski definition) is 2. The highest BCUT2D eigenvalue weighted by atomic mass is 32.1. The number of nitrogens with one attached hydrogen (secondary N) is 2. The minimum absolute atomic E-state index is 0.0288. The van der Waals surface area contributed by atoms with Crippen LogP contribution in [0.15, 0.2) is 23.0 Å². The number of amides is 1. The van der Waals surface area contributed by atoms with Crippen molar-refractivity contribution < 1.29 is 9.53 Å². The lowest BCUT2D eigenvalue weighted by Gasteiger charge is -2.18. The molecule has 2 aromatic rings. The lowest BCUT2D eigenvalue weighted by molar-refractivity contribution is 0.0948. The van der Waals surface area contributed by atoms with Gasteiger partial charge in [-0.25, -0.2) is 0 Å². The van der Waals surface area contributed by atoms with Crippen LogP contribution in [0.4, 0.5) is 0 Å². The zero-order chi connectivity index (χ0) is 20.1. The van der Waals surface area contributed by atoms with E-state index in [9.17, 15) is 9.59 Å². The number of aromatic nitrogens is 2. The zero-order valence-electron chi connectivity index (χ0n) is 16.5. The Labute approximate surface area is 169 Å². The summed E-state index contributed by atoms with van der Waals surface area (Å²) in [5.41, 5.74) is 0.937. The van der Waals surface area contributed by atoms with Crippen molar-refractivity contribution in [1.29, 1.82) is 0 Å². The predicted octanol–water partition coefficient (Wildman–Crippen LogP) is 2.31. The second kappa shape index (κ2) is 9.45. The van der Waals surface area contributed by atoms with Gasteiger partial charge in [-0.05, 0) is 56.3 Å². The molecule has 1 aliphatic rings. The van der Waals surface area contributed by atoms with Crippen molar-refractivity contribution in [2.24, 2.45) is 0 Å². The van der Waals surface area contributed by atoms with Crippen LogP contribution in [-0.2, 0) is 11.3 Å². The summed E-state index contributed by atoms with van der Waals surface area (Å²) in [5, 5.41) is 3.45. The molecule has 0 unspecified atom stereocenters. The fourth-order valence-electron chi connectivity index (χ4n) is 3.52. The third-order valence-corrected chi connectivity index (χ3v) is 5.58. The van der Waals surface area contributed by atoms with Crippen LogP contribution in [0.5, 0.6) is 0 Å². The summed E-state index contributed by atoms with van der Waals surface area (Å²) in [6, 6.07) is 5.06. The highest BCUT2D eigenvalue weighted by molar-refractivity contribution is 7.71. The largest absolute Gasteiger partial charge is 0.376 e. The molecule has 0 bridgehead atoms. The van der Waals surface area contributed by atoms with Crippen LogP contribution < -0.4 is 10.9 Å². The Bertz CT molecular complexity index is 943. The van der Waals surface area contributed by atoms with Gasteiger partial charge >= 0.3 is 0 Å². The molecule has 1 aromatic heterocycles. The Morgan fingerprint density at radius 2 is 2.18 bits per heavy atom. The summed E-state index contributed by atoms with van der Waals surface area (Å²) in [4.78, 5) is 30.6. The number of rotatable bonds is 8. The molecule has 0 spiro atoms. The van der Waals surface area contributed by atoms with E-state index >= 15 is 0 Å². The van der Waals surface area contributed by atoms with Gasteiger partial charge in [-0.15, -0.1) is 0 Å². The van der Waals surface area contributed by atoms with Crippen molar-refractivity contribution in [3.63, 3.8) is 0 Å². The Morgan fingerprint density at radius 1 is 1.39 bits per heavy atom. The number of carbonyl (C=O) groups excluding carboxylic acids is 1. The van der Waals surface area contributed by atoms with Crippen molar-refractivity contribution in [2.45, 2.75) is 39.3 Å². The summed E-state index contributed by atoms with van der Waals surface area (Å²) in [5.74, 6) is -0.156. The number of likely N-dealkylation sites (N-methyl/N-ethyl adjacent to an activating group) is 1. The van der Waals surface area contributed by atoms with E-state index < -0.39 is 0 Å². The molecule has 2 heterocycles. The molecule has 1 saturated heterocycles. The average molecular weight is 405 g/mol. The van der Waals surface area contributed by atoms with Crippen molar-refractivity contribution in [3.05, 3.63) is 38.9 Å². The maximum Gasteiger partial charge on any atom is 0.262 e. The standard InChI is InChI=1S/C20H28N4O3S/c1-3-23(4-2)10-9-21-18(25)14-7-8-16-17(12-14)22-20(28)24(19(16)26)13-15-6-5-11-27-15/h7-8,12,15H,3-6,9-11,13H2,1-2H3,(H,21,25)(H,22,28)/t15-/m0/s1. The minimum atomic E-state index is -0.156. The summed E-state index contributed by atoms with van der Waals surface area (Å²) in [6.45, 7) is 8.69. The molecule has 1 atom stereocenters. The molecule has 1 amide bonds. The number of nitrogens with zero attached hydrogens (tertiary/aromatic N) is 2. The van der Waals surface area contributed by atoms with Gasteiger partial charge in [0.1, 0.15) is 0 Å². The molecule has 1 aromatic carbocycles. The molecule has 0 saturated carbocycles. The maximum absolute atomic E-state index is 12.8. The first-order valence-corrected chi connectivity index (χ1v) is 10.3. The molecule has 8 heteroatoms. The van der Waals surface area contributed by atoms with Crippen LogP contribution in [0, 0.1) is 4.77 Å². The lowest BCUT2D eigenvalue weighted by atomic mass is 10.1. The van der Waals surface area contributed by atoms with E-state index in [-0.39, 0.29) is 17.6 Å². The van der Waals surface area contributed by atoms with Gasteiger partial charge in [0.15, 0.2) is 4.77 Å². The second-order valence-electron chi connectivity index (χ2n) is 7.02. The van der Waals surface area contributed by atoms with E-state index in [0.717, 1.165) is 39.1 Å². The fraction of sp³-hybridized carbons (Fsp3) is 0.550. The Hall–Kier alpha value is -2.03. The quantitative estimate of drug-likeness (QED) is 0.660. The van der Waals surface area contributed by atoms with Gasteiger partial charge < -0.3 is 19.9 Å². The van der Waals surface area contributed by atoms with Crippen LogP contribution in [0.1, 0.15) is 37.0 Å². The molecule has 0 aliphatic carbocycles. The topological polar surface area (TPSA) is 79.4 Å². The van der Waals surface area contributed by atoms with E-state index in [2.05, 4.69) is 29.0 Å². The molecule has 3 rings (SSSR count). The van der Waals surface area contributed by atoms with Gasteiger partial charge in [0.25, 0.3) is 11.5 Å². The molecule has 0 radical (unpaired) electrons. The molecule has 1 fully saturated rings. The van der Waals surface area contributed by atoms with Crippen LogP contribution in [-0.4, -0.2) is 59.2 Å². The lowest BCUT2D eigenvalue weighted by Crippen LogP contribution is -2.34. The van der Waals surface area contributed by atoms with Crippen LogP contribution >= 0.6 is 12.2 Å². The van der Waals surface area contributed by atoms with E-state index in [1.165, 1.54) is 0 Å². The highest BCUT2D eigenvalue weighted by Gasteiger charge is 2.18. The van der Waals surface area contributed by atoms with Crippen molar-refractivity contribution in [2.75, 3.05) is 32.8 Å². The van der Waals surface area contributed by atoms with Gasteiger partial charge in [-0.1, -0.05) is 13.8 Å². The molecule has 152 valence electrons. The van der Waals surface area contributed by atoms with Crippen LogP contribution in [0.25, 0.3) is 10.9 Å². The SMILES string of the molecule is CCN(CC)CCNC(=O)c1ccc2c(=O)n(C[C@@H]3CCCO3)c(=S)[nH]c2c1. The number of hydrogen-bond acceptors (Lipinski definition) is 5. The van der Waals surface area contributed by atoms with Gasteiger partial charge in [0, 0.05) is 25.3 Å². The molecule has 1 aliphatic heterocycles. The monoisotopic (exact) mass is 404 g/mol. The number of aromatic amines is 1. The summed E-state index contributed by atoms with van der Waals surface area (Å²) >= 11 is 5.38. The van der Waals surface area contributed by atoms with Gasteiger partial charge in [-0.3, -0.25) is 14.2 Å². The van der Waals surface area contributed by atoms with Crippen LogP contribution in [0.2, 0.25) is 0 Å². The molecule has 28 heavy (non-hydrogen) atoms. The number of H-pyrrole nitrogens is 1. The molecular formula is C20H28N4O3S. The summed E-state index contributed by atoms with van der Waals surface area (Å²) in [6.07, 6.45) is 1.98. The Kier molecular flexibility index (Phi) is 6.98. The first kappa shape index (κ1) is 20.7. The normalized spacial score (nSPS) is 16.8. The van der Waals surface area contributed by atoms with Crippen molar-refractivity contribution >= 4 is 29.0 Å². The van der Waals surface area contributed by atoms with Crippen molar-refractivity contribution in [3.8, 4) is 0 Å². The molecular weight excluding hydrogens is 376 g/mol. The third kappa shape index (κ3) is 4.68. The third-order valence-electron chi connectivity index (χ3n) is 5.26. The number of benzene rings is 1. The van der Waals surface area contributed by atoms with Crippen LogP contribution in [0.3, 0.4) is 0 Å². The molecule has 7 nitrogen and oxygen atoms in total. The van der Waals surface area contributed by atoms with E-state index in [0.29, 0.717) is 34.3 Å². The smallest absolute Gasteiger partial charge is 0.262 e. The predicted molar refractivity (Wildman–Crippen MR) is 112 cm³/mol. The number of carbonyl (C=O) groups is 1. The maximum atomic E-state index is 12.8. The first-order chi connectivity index (χ1) is 13.5. The zero-order valence-corrected chi connectivity index (χ0v) is 17.3.